The van der Waals surface area contributed by atoms with E-state index in [-0.39, 0.29) is 5.54 Å². The summed E-state index contributed by atoms with van der Waals surface area (Å²) in [4.78, 5) is 12.8. The summed E-state index contributed by atoms with van der Waals surface area (Å²) in [6, 6.07) is 10.5. The normalized spacial score (nSPS) is 18.7. The quantitative estimate of drug-likeness (QED) is 0.310. The number of ether oxygens (including phenoxy) is 3. The van der Waals surface area contributed by atoms with E-state index in [1.54, 1.807) is 14.2 Å². The van der Waals surface area contributed by atoms with Gasteiger partial charge in [0.25, 0.3) is 0 Å². The molecule has 2 aromatic rings. The Hall–Kier alpha value is -3.30. The Morgan fingerprint density at radius 3 is 2.45 bits per heavy atom. The van der Waals surface area contributed by atoms with Crippen molar-refractivity contribution in [1.82, 2.24) is 4.90 Å². The summed E-state index contributed by atoms with van der Waals surface area (Å²) >= 11 is 0. The number of quaternary nitrogens is 1. The highest BCUT2D eigenvalue weighted by molar-refractivity contribution is 5.73. The molecular formula is C34H46N3O5+. The van der Waals surface area contributed by atoms with Gasteiger partial charge in [0.2, 0.25) is 0 Å². The molecule has 1 fully saturated rings. The number of rotatable bonds is 10. The molecule has 0 atom stereocenters. The topological polar surface area (TPSA) is 75.4 Å². The van der Waals surface area contributed by atoms with Crippen molar-refractivity contribution in [3.05, 3.63) is 82.1 Å². The minimum Gasteiger partial charge on any atom is -0.496 e. The average molecular weight is 577 g/mol. The van der Waals surface area contributed by atoms with Gasteiger partial charge in [0.05, 0.1) is 39.9 Å². The average Bonchev–Trinajstić information content (AvgIpc) is 2.97. The van der Waals surface area contributed by atoms with Gasteiger partial charge in [0, 0.05) is 37.2 Å². The smallest absolute Gasteiger partial charge is 0.173 e. The van der Waals surface area contributed by atoms with Crippen LogP contribution in [0.4, 0.5) is 0 Å². The largest absolute Gasteiger partial charge is 0.496 e. The Morgan fingerprint density at radius 1 is 1.00 bits per heavy atom. The zero-order valence-corrected chi connectivity index (χ0v) is 26.0. The maximum Gasteiger partial charge on any atom is 0.173 e. The Morgan fingerprint density at radius 2 is 1.76 bits per heavy atom. The molecule has 0 radical (unpaired) electrons. The molecular weight excluding hydrogens is 530 g/mol. The Labute approximate surface area is 250 Å². The fourth-order valence-electron chi connectivity index (χ4n) is 6.06. The lowest BCUT2D eigenvalue weighted by Crippen LogP contribution is -2.59. The molecule has 226 valence electrons. The number of benzene rings is 2. The molecule has 5 rings (SSSR count). The van der Waals surface area contributed by atoms with Crippen LogP contribution in [0.25, 0.3) is 5.57 Å². The van der Waals surface area contributed by atoms with Crippen LogP contribution in [-0.4, -0.2) is 75.5 Å². The highest BCUT2D eigenvalue weighted by Gasteiger charge is 2.33. The fourth-order valence-corrected chi connectivity index (χ4v) is 6.06. The maximum absolute atomic E-state index is 6.41. The lowest BCUT2D eigenvalue weighted by molar-refractivity contribution is -0.926. The van der Waals surface area contributed by atoms with Crippen molar-refractivity contribution in [2.24, 2.45) is 5.73 Å². The number of hydrogen-bond donors (Lipinski definition) is 1. The van der Waals surface area contributed by atoms with E-state index >= 15 is 0 Å². The second-order valence-corrected chi connectivity index (χ2v) is 12.7. The summed E-state index contributed by atoms with van der Waals surface area (Å²) in [5.74, 6) is 3.10. The molecule has 1 aliphatic carbocycles. The molecule has 0 saturated carbocycles. The lowest BCUT2D eigenvalue weighted by atomic mass is 9.91. The zero-order chi connectivity index (χ0) is 29.9. The van der Waals surface area contributed by atoms with Gasteiger partial charge in [0.1, 0.15) is 25.5 Å². The molecule has 1 saturated heterocycles. The standard InChI is InChI=1S/C34H46N3O5/c1-24-19-25(26-9-10-30-27(20-26)13-18-41-42-30)7-8-28(24)22-40-32-12-11-31(38-5)29(33(32)39-6)21-37(4)16-14-36(15-17-37)23-34(2,3)35/h7-13,19H,14-18,20-23,35H2,1-6H3/q+1. The summed E-state index contributed by atoms with van der Waals surface area (Å²) in [6.07, 6.45) is 7.00. The number of piperazine rings is 1. The molecule has 0 aromatic heterocycles. The van der Waals surface area contributed by atoms with Crippen LogP contribution in [0.3, 0.4) is 0 Å². The SMILES string of the molecule is COc1ccc(OCc2ccc(C3=CC=C4OOCC=C4C3)cc2C)c(OC)c1C[N+]1(C)CCN(CC(C)(C)N)CC1. The Balaban J connectivity index is 1.29. The van der Waals surface area contributed by atoms with Crippen LogP contribution < -0.4 is 19.9 Å². The van der Waals surface area contributed by atoms with E-state index in [0.29, 0.717) is 13.2 Å². The molecule has 0 amide bonds. The van der Waals surface area contributed by atoms with E-state index in [0.717, 1.165) is 84.3 Å². The van der Waals surface area contributed by atoms with Crippen LogP contribution in [-0.2, 0) is 22.9 Å². The maximum atomic E-state index is 6.41. The van der Waals surface area contributed by atoms with Gasteiger partial charge in [-0.1, -0.05) is 24.3 Å². The monoisotopic (exact) mass is 576 g/mol. The molecule has 3 aliphatic rings. The van der Waals surface area contributed by atoms with Crippen LogP contribution in [0.15, 0.2) is 59.9 Å². The number of aryl methyl sites for hydroxylation is 1. The fraction of sp³-hybridized carbons (Fsp3) is 0.471. The highest BCUT2D eigenvalue weighted by Crippen LogP contribution is 2.40. The van der Waals surface area contributed by atoms with E-state index in [4.69, 9.17) is 29.7 Å². The molecule has 2 N–H and O–H groups in total. The second-order valence-electron chi connectivity index (χ2n) is 12.7. The number of fused-ring (bicyclic) bond motifs is 1. The van der Waals surface area contributed by atoms with Gasteiger partial charge in [-0.15, -0.1) is 0 Å². The third kappa shape index (κ3) is 7.01. The Bertz CT molecular complexity index is 1380. The van der Waals surface area contributed by atoms with Crippen LogP contribution in [0.5, 0.6) is 17.2 Å². The molecule has 8 heteroatoms. The molecule has 42 heavy (non-hydrogen) atoms. The van der Waals surface area contributed by atoms with Gasteiger partial charge in [-0.25, -0.2) is 0 Å². The number of nitrogens with zero attached hydrogens (tertiary/aromatic N) is 2. The first-order valence-electron chi connectivity index (χ1n) is 14.8. The first-order valence-corrected chi connectivity index (χ1v) is 14.8. The summed E-state index contributed by atoms with van der Waals surface area (Å²) in [5, 5.41) is 0. The van der Waals surface area contributed by atoms with Gasteiger partial charge >= 0.3 is 0 Å². The van der Waals surface area contributed by atoms with E-state index in [1.807, 2.05) is 18.2 Å². The van der Waals surface area contributed by atoms with E-state index in [1.165, 1.54) is 22.3 Å². The van der Waals surface area contributed by atoms with Gasteiger partial charge in [-0.05, 0) is 67.3 Å². The first kappa shape index (κ1) is 30.2. The molecule has 0 spiro atoms. The number of allylic oxidation sites excluding steroid dienone is 4. The van der Waals surface area contributed by atoms with Crippen molar-refractivity contribution < 1.29 is 28.5 Å². The molecule has 0 bridgehead atoms. The minimum absolute atomic E-state index is 0.190. The summed E-state index contributed by atoms with van der Waals surface area (Å²) in [5.41, 5.74) is 13.1. The van der Waals surface area contributed by atoms with E-state index < -0.39 is 0 Å². The van der Waals surface area contributed by atoms with Crippen LogP contribution in [0.2, 0.25) is 0 Å². The number of methoxy groups -OCH3 is 2. The van der Waals surface area contributed by atoms with Crippen molar-refractivity contribution in [3.8, 4) is 17.2 Å². The molecule has 8 nitrogen and oxygen atoms in total. The van der Waals surface area contributed by atoms with Gasteiger partial charge in [-0.3, -0.25) is 4.90 Å². The van der Waals surface area contributed by atoms with Crippen molar-refractivity contribution in [2.75, 3.05) is 60.6 Å². The van der Waals surface area contributed by atoms with Crippen LogP contribution in [0.1, 0.15) is 42.5 Å². The van der Waals surface area contributed by atoms with E-state index in [9.17, 15) is 0 Å². The molecule has 2 aliphatic heterocycles. The van der Waals surface area contributed by atoms with Gasteiger partial charge in [0.15, 0.2) is 17.3 Å². The third-order valence-electron chi connectivity index (χ3n) is 8.46. The minimum atomic E-state index is -0.190. The van der Waals surface area contributed by atoms with Crippen LogP contribution in [0, 0.1) is 6.92 Å². The molecule has 2 heterocycles. The Kier molecular flexibility index (Phi) is 8.99. The predicted molar refractivity (Wildman–Crippen MR) is 165 cm³/mol. The van der Waals surface area contributed by atoms with Crippen molar-refractivity contribution in [2.45, 2.75) is 45.9 Å². The first-order chi connectivity index (χ1) is 20.1. The zero-order valence-electron chi connectivity index (χ0n) is 26.0. The summed E-state index contributed by atoms with van der Waals surface area (Å²) in [6.45, 7) is 13.0. The second kappa shape index (κ2) is 12.5. The van der Waals surface area contributed by atoms with Crippen molar-refractivity contribution >= 4 is 5.57 Å². The summed E-state index contributed by atoms with van der Waals surface area (Å²) < 4.78 is 19.1. The number of likely N-dealkylation sites (N-methyl/N-ethyl adjacent to an activating group) is 1. The number of hydrogen-bond acceptors (Lipinski definition) is 7. The highest BCUT2D eigenvalue weighted by atomic mass is 17.2. The van der Waals surface area contributed by atoms with Gasteiger partial charge in [-0.2, -0.15) is 4.89 Å². The van der Waals surface area contributed by atoms with Crippen molar-refractivity contribution in [3.63, 3.8) is 0 Å². The lowest BCUT2D eigenvalue weighted by Gasteiger charge is -2.43. The number of nitrogens with two attached hydrogens (primary N) is 1. The predicted octanol–water partition coefficient (Wildman–Crippen LogP) is 5.15. The third-order valence-corrected chi connectivity index (χ3v) is 8.46. The van der Waals surface area contributed by atoms with E-state index in [2.05, 4.69) is 63.1 Å². The molecule has 0 unspecified atom stereocenters. The van der Waals surface area contributed by atoms with Crippen molar-refractivity contribution in [1.29, 1.82) is 0 Å². The van der Waals surface area contributed by atoms with Gasteiger partial charge < -0.3 is 29.3 Å². The summed E-state index contributed by atoms with van der Waals surface area (Å²) in [7, 11) is 5.74. The molecule has 2 aromatic carbocycles. The van der Waals surface area contributed by atoms with Crippen LogP contribution >= 0.6 is 0 Å².